The van der Waals surface area contributed by atoms with Crippen LogP contribution in [-0.4, -0.2) is 17.8 Å². The Bertz CT molecular complexity index is 850. The number of benzene rings is 2. The van der Waals surface area contributed by atoms with Gasteiger partial charge in [0.1, 0.15) is 6.61 Å². The fraction of sp³-hybridized carbons (Fsp3) is 0.167. The van der Waals surface area contributed by atoms with E-state index in [0.29, 0.717) is 21.3 Å². The van der Waals surface area contributed by atoms with E-state index in [2.05, 4.69) is 0 Å². The molecule has 3 rings (SSSR count). The predicted octanol–water partition coefficient (Wildman–Crippen LogP) is 4.00. The van der Waals surface area contributed by atoms with Gasteiger partial charge in [-0.3, -0.25) is 14.5 Å². The zero-order valence-corrected chi connectivity index (χ0v) is 14.5. The lowest BCUT2D eigenvalue weighted by Crippen LogP contribution is -2.28. The van der Waals surface area contributed by atoms with Gasteiger partial charge in [-0.1, -0.05) is 35.3 Å². The highest BCUT2D eigenvalue weighted by molar-refractivity contribution is 6.42. The molecule has 2 aromatic carbocycles. The number of nitrogens with zero attached hydrogens (tertiary/aromatic N) is 1. The molecule has 0 unspecified atom stereocenters. The van der Waals surface area contributed by atoms with Crippen LogP contribution in [0.15, 0.2) is 42.5 Å². The molecular formula is C18H13Cl2NO4. The second-order valence-corrected chi connectivity index (χ2v) is 6.31. The third kappa shape index (κ3) is 3.83. The second kappa shape index (κ2) is 7.25. The first-order valence-corrected chi connectivity index (χ1v) is 8.28. The zero-order valence-electron chi connectivity index (χ0n) is 13.0. The van der Waals surface area contributed by atoms with Gasteiger partial charge in [-0.2, -0.15) is 0 Å². The first-order valence-electron chi connectivity index (χ1n) is 7.52. The summed E-state index contributed by atoms with van der Waals surface area (Å²) in [6.07, 6.45) is 0.371. The smallest absolute Gasteiger partial charge is 0.338 e. The van der Waals surface area contributed by atoms with Gasteiger partial charge < -0.3 is 4.74 Å². The molecule has 5 nitrogen and oxygen atoms in total. The Morgan fingerprint density at radius 3 is 2.40 bits per heavy atom. The Hall–Kier alpha value is -2.37. The van der Waals surface area contributed by atoms with Gasteiger partial charge in [-0.15, -0.1) is 0 Å². The molecule has 128 valence electrons. The van der Waals surface area contributed by atoms with E-state index in [4.69, 9.17) is 27.9 Å². The summed E-state index contributed by atoms with van der Waals surface area (Å²) in [6.45, 7) is 0.0293. The van der Waals surface area contributed by atoms with Crippen molar-refractivity contribution in [1.82, 2.24) is 0 Å². The number of hydrogen-bond donors (Lipinski definition) is 0. The molecule has 0 aliphatic carbocycles. The minimum Gasteiger partial charge on any atom is -0.457 e. The Balaban J connectivity index is 1.72. The number of ether oxygens (including phenoxy) is 1. The largest absolute Gasteiger partial charge is 0.457 e. The number of imide groups is 1. The number of rotatable bonds is 4. The summed E-state index contributed by atoms with van der Waals surface area (Å²) in [6, 6.07) is 11.2. The van der Waals surface area contributed by atoms with Crippen molar-refractivity contribution in [1.29, 1.82) is 0 Å². The van der Waals surface area contributed by atoms with E-state index in [0.717, 1.165) is 4.90 Å². The van der Waals surface area contributed by atoms with Crippen molar-refractivity contribution in [2.24, 2.45) is 0 Å². The Morgan fingerprint density at radius 2 is 1.72 bits per heavy atom. The quantitative estimate of drug-likeness (QED) is 0.596. The molecular weight excluding hydrogens is 365 g/mol. The molecule has 7 heteroatoms. The maximum atomic E-state index is 12.2. The van der Waals surface area contributed by atoms with Gasteiger partial charge in [-0.05, 0) is 35.9 Å². The van der Waals surface area contributed by atoms with Gasteiger partial charge in [0, 0.05) is 12.8 Å². The van der Waals surface area contributed by atoms with Gasteiger partial charge in [0.05, 0.1) is 21.3 Å². The lowest BCUT2D eigenvalue weighted by atomic mass is 10.2. The van der Waals surface area contributed by atoms with E-state index in [-0.39, 0.29) is 36.8 Å². The van der Waals surface area contributed by atoms with Crippen molar-refractivity contribution < 1.29 is 19.1 Å². The van der Waals surface area contributed by atoms with Crippen LogP contribution in [0.3, 0.4) is 0 Å². The molecule has 0 radical (unpaired) electrons. The fourth-order valence-electron chi connectivity index (χ4n) is 2.50. The molecule has 1 aliphatic rings. The normalized spacial score (nSPS) is 14.1. The molecule has 0 saturated carbocycles. The maximum Gasteiger partial charge on any atom is 0.338 e. The van der Waals surface area contributed by atoms with Crippen LogP contribution in [0.25, 0.3) is 0 Å². The van der Waals surface area contributed by atoms with Crippen molar-refractivity contribution in [3.63, 3.8) is 0 Å². The molecule has 1 heterocycles. The Kier molecular flexibility index (Phi) is 5.06. The topological polar surface area (TPSA) is 63.7 Å². The Morgan fingerprint density at radius 1 is 1.00 bits per heavy atom. The summed E-state index contributed by atoms with van der Waals surface area (Å²) in [5.74, 6) is -1.11. The minimum absolute atomic E-state index is 0.0293. The lowest BCUT2D eigenvalue weighted by molar-refractivity contribution is -0.121. The molecule has 0 aromatic heterocycles. The third-order valence-corrected chi connectivity index (χ3v) is 4.48. The van der Waals surface area contributed by atoms with Crippen LogP contribution in [0, 0.1) is 0 Å². The van der Waals surface area contributed by atoms with Crippen LogP contribution in [-0.2, 0) is 20.9 Å². The molecule has 0 N–H and O–H groups in total. The number of amides is 2. The predicted molar refractivity (Wildman–Crippen MR) is 93.8 cm³/mol. The highest BCUT2D eigenvalue weighted by atomic mass is 35.5. The van der Waals surface area contributed by atoms with Crippen LogP contribution < -0.4 is 4.90 Å². The Labute approximate surface area is 154 Å². The van der Waals surface area contributed by atoms with Crippen LogP contribution in [0.1, 0.15) is 28.8 Å². The molecule has 2 amide bonds. The highest BCUT2D eigenvalue weighted by Gasteiger charge is 2.30. The van der Waals surface area contributed by atoms with E-state index < -0.39 is 5.97 Å². The first kappa shape index (κ1) is 17.5. The highest BCUT2D eigenvalue weighted by Crippen LogP contribution is 2.25. The summed E-state index contributed by atoms with van der Waals surface area (Å²) in [5.41, 5.74) is 1.32. The van der Waals surface area contributed by atoms with E-state index in [1.807, 2.05) is 0 Å². The molecule has 1 fully saturated rings. The number of carbonyl (C=O) groups is 3. The van der Waals surface area contributed by atoms with Gasteiger partial charge in [-0.25, -0.2) is 4.79 Å². The maximum absolute atomic E-state index is 12.2. The SMILES string of the molecule is O=C(OCc1ccc(Cl)c(Cl)c1)c1cccc(N2C(=O)CCC2=O)c1. The van der Waals surface area contributed by atoms with Crippen molar-refractivity contribution in [2.75, 3.05) is 4.90 Å². The molecule has 1 saturated heterocycles. The lowest BCUT2D eigenvalue weighted by Gasteiger charge is -2.14. The van der Waals surface area contributed by atoms with Crippen molar-refractivity contribution in [3.8, 4) is 0 Å². The molecule has 1 aliphatic heterocycles. The van der Waals surface area contributed by atoms with Crippen LogP contribution in [0.2, 0.25) is 10.0 Å². The van der Waals surface area contributed by atoms with Crippen molar-refractivity contribution in [3.05, 3.63) is 63.6 Å². The minimum atomic E-state index is -0.563. The number of esters is 1. The van der Waals surface area contributed by atoms with Gasteiger partial charge in [0.2, 0.25) is 11.8 Å². The number of anilines is 1. The number of carbonyl (C=O) groups excluding carboxylic acids is 3. The average molecular weight is 378 g/mol. The van der Waals surface area contributed by atoms with Crippen molar-refractivity contribution >= 4 is 46.7 Å². The molecule has 25 heavy (non-hydrogen) atoms. The monoisotopic (exact) mass is 377 g/mol. The van der Waals surface area contributed by atoms with E-state index in [1.54, 1.807) is 36.4 Å². The summed E-state index contributed by atoms with van der Waals surface area (Å²) in [7, 11) is 0. The molecule has 0 spiro atoms. The summed E-state index contributed by atoms with van der Waals surface area (Å²) >= 11 is 11.8. The van der Waals surface area contributed by atoms with Crippen LogP contribution in [0.5, 0.6) is 0 Å². The molecule has 2 aromatic rings. The van der Waals surface area contributed by atoms with Gasteiger partial charge >= 0.3 is 5.97 Å². The first-order chi connectivity index (χ1) is 12.0. The van der Waals surface area contributed by atoms with Gasteiger partial charge in [0.15, 0.2) is 0 Å². The fourth-order valence-corrected chi connectivity index (χ4v) is 2.82. The molecule has 0 bridgehead atoms. The summed E-state index contributed by atoms with van der Waals surface area (Å²) in [4.78, 5) is 36.9. The standard InChI is InChI=1S/C18H13Cl2NO4/c19-14-5-4-11(8-15(14)20)10-25-18(24)12-2-1-3-13(9-12)21-16(22)6-7-17(21)23/h1-5,8-9H,6-7,10H2. The average Bonchev–Trinajstić information content (AvgIpc) is 2.94. The third-order valence-electron chi connectivity index (χ3n) is 3.75. The van der Waals surface area contributed by atoms with Crippen LogP contribution in [0.4, 0.5) is 5.69 Å². The second-order valence-electron chi connectivity index (χ2n) is 5.50. The summed E-state index contributed by atoms with van der Waals surface area (Å²) in [5, 5.41) is 0.799. The van der Waals surface area contributed by atoms with Gasteiger partial charge in [0.25, 0.3) is 0 Å². The van der Waals surface area contributed by atoms with E-state index in [1.165, 1.54) is 6.07 Å². The number of halogens is 2. The molecule has 0 atom stereocenters. The van der Waals surface area contributed by atoms with E-state index >= 15 is 0 Å². The zero-order chi connectivity index (χ0) is 18.0. The van der Waals surface area contributed by atoms with Crippen molar-refractivity contribution in [2.45, 2.75) is 19.4 Å². The summed E-state index contributed by atoms with van der Waals surface area (Å²) < 4.78 is 5.25. The van der Waals surface area contributed by atoms with Crippen LogP contribution >= 0.6 is 23.2 Å². The van der Waals surface area contributed by atoms with E-state index in [9.17, 15) is 14.4 Å². The number of hydrogen-bond acceptors (Lipinski definition) is 4.